The van der Waals surface area contributed by atoms with E-state index in [1.807, 2.05) is 6.92 Å². The lowest BCUT2D eigenvalue weighted by Gasteiger charge is -2.14. The molecule has 0 spiro atoms. The molecule has 0 heterocycles. The van der Waals surface area contributed by atoms with Gasteiger partial charge in [-0.2, -0.15) is 0 Å². The third-order valence-corrected chi connectivity index (χ3v) is 4.13. The number of esters is 2. The van der Waals surface area contributed by atoms with Crippen molar-refractivity contribution in [2.24, 2.45) is 0 Å². The first-order valence-electron chi connectivity index (χ1n) is 9.29. The van der Waals surface area contributed by atoms with Crippen LogP contribution in [0.2, 0.25) is 0 Å². The highest BCUT2D eigenvalue weighted by atomic mass is 16.5. The molecule has 0 saturated heterocycles. The van der Waals surface area contributed by atoms with Gasteiger partial charge in [0.25, 0.3) is 0 Å². The van der Waals surface area contributed by atoms with Crippen LogP contribution >= 0.6 is 0 Å². The van der Waals surface area contributed by atoms with Gasteiger partial charge in [-0.05, 0) is 48.4 Å². The minimum atomic E-state index is -0.461. The molecular weight excluding hydrogens is 376 g/mol. The summed E-state index contributed by atoms with van der Waals surface area (Å²) in [5, 5.41) is 0. The smallest absolute Gasteiger partial charge is 0.338 e. The van der Waals surface area contributed by atoms with Gasteiger partial charge in [-0.1, -0.05) is 13.3 Å². The maximum atomic E-state index is 12.3. The Labute approximate surface area is 170 Å². The first kappa shape index (κ1) is 22.1. The number of carbonyl (C=O) groups excluding carboxylic acids is 2. The van der Waals surface area contributed by atoms with E-state index in [0.29, 0.717) is 40.7 Å². The lowest BCUT2D eigenvalue weighted by Crippen LogP contribution is -2.12. The Morgan fingerprint density at radius 3 is 2.03 bits per heavy atom. The van der Waals surface area contributed by atoms with E-state index in [0.717, 1.165) is 12.8 Å². The molecule has 7 nitrogen and oxygen atoms in total. The average Bonchev–Trinajstić information content (AvgIpc) is 2.73. The van der Waals surface area contributed by atoms with Crippen molar-refractivity contribution in [1.82, 2.24) is 0 Å². The predicted molar refractivity (Wildman–Crippen MR) is 107 cm³/mol. The lowest BCUT2D eigenvalue weighted by atomic mass is 10.1. The number of rotatable bonds is 10. The maximum Gasteiger partial charge on any atom is 0.338 e. The number of carbonyl (C=O) groups is 2. The van der Waals surface area contributed by atoms with Crippen molar-refractivity contribution in [3.05, 3.63) is 47.5 Å². The van der Waals surface area contributed by atoms with Crippen LogP contribution in [0.4, 0.5) is 0 Å². The van der Waals surface area contributed by atoms with Crippen LogP contribution < -0.4 is 18.9 Å². The van der Waals surface area contributed by atoms with Crippen molar-refractivity contribution in [3.8, 4) is 23.0 Å². The lowest BCUT2D eigenvalue weighted by molar-refractivity contribution is -0.133. The third-order valence-electron chi connectivity index (χ3n) is 4.13. The van der Waals surface area contributed by atoms with Crippen molar-refractivity contribution in [3.63, 3.8) is 0 Å². The molecule has 0 fully saturated rings. The van der Waals surface area contributed by atoms with Crippen molar-refractivity contribution >= 4 is 11.9 Å². The molecule has 0 amide bonds. The molecule has 0 bridgehead atoms. The van der Waals surface area contributed by atoms with Crippen LogP contribution in [0, 0.1) is 0 Å². The fraction of sp³-hybridized carbons (Fsp3) is 0.364. The van der Waals surface area contributed by atoms with Gasteiger partial charge in [0.2, 0.25) is 5.75 Å². The largest absolute Gasteiger partial charge is 0.493 e. The number of unbranched alkanes of at least 4 members (excludes halogenated alkanes) is 1. The summed E-state index contributed by atoms with van der Waals surface area (Å²) in [6, 6.07) is 9.63. The van der Waals surface area contributed by atoms with E-state index in [1.54, 1.807) is 36.4 Å². The van der Waals surface area contributed by atoms with Crippen LogP contribution in [0.25, 0.3) is 0 Å². The molecule has 156 valence electrons. The summed E-state index contributed by atoms with van der Waals surface area (Å²) in [6.45, 7) is 2.41. The van der Waals surface area contributed by atoms with E-state index in [1.165, 1.54) is 21.3 Å². The Bertz CT molecular complexity index is 803. The first-order chi connectivity index (χ1) is 14.0. The van der Waals surface area contributed by atoms with E-state index >= 15 is 0 Å². The standard InChI is InChI=1S/C22H26O7/c1-5-6-11-28-22(24)16-7-9-17(10-8-16)29-20(23)14-15-12-18(25-2)21(27-4)19(13-15)26-3/h7-10,12-13H,5-6,11,14H2,1-4H3. The Morgan fingerprint density at radius 1 is 0.897 bits per heavy atom. The van der Waals surface area contributed by atoms with Crippen molar-refractivity contribution < 1.29 is 33.3 Å². The molecule has 0 aliphatic heterocycles. The van der Waals surface area contributed by atoms with Crippen LogP contribution in [-0.2, 0) is 16.0 Å². The van der Waals surface area contributed by atoms with E-state index in [9.17, 15) is 9.59 Å². The molecule has 0 aliphatic rings. The molecule has 0 saturated carbocycles. The summed E-state index contributed by atoms with van der Waals surface area (Å²) in [7, 11) is 4.53. The topological polar surface area (TPSA) is 80.3 Å². The summed E-state index contributed by atoms with van der Waals surface area (Å²) in [4.78, 5) is 24.2. The molecule has 2 aromatic rings. The van der Waals surface area contributed by atoms with Crippen LogP contribution in [0.15, 0.2) is 36.4 Å². The summed E-state index contributed by atoms with van der Waals surface area (Å²) in [6.07, 6.45) is 1.79. The van der Waals surface area contributed by atoms with E-state index in [4.69, 9.17) is 23.7 Å². The van der Waals surface area contributed by atoms with Gasteiger partial charge < -0.3 is 23.7 Å². The van der Waals surface area contributed by atoms with E-state index in [2.05, 4.69) is 0 Å². The van der Waals surface area contributed by atoms with Gasteiger partial charge >= 0.3 is 11.9 Å². The minimum Gasteiger partial charge on any atom is -0.493 e. The zero-order valence-corrected chi connectivity index (χ0v) is 17.2. The van der Waals surface area contributed by atoms with E-state index < -0.39 is 11.9 Å². The molecule has 2 aromatic carbocycles. The Morgan fingerprint density at radius 2 is 1.52 bits per heavy atom. The molecule has 0 unspecified atom stereocenters. The van der Waals surface area contributed by atoms with Gasteiger partial charge in [-0.15, -0.1) is 0 Å². The maximum absolute atomic E-state index is 12.3. The van der Waals surface area contributed by atoms with E-state index in [-0.39, 0.29) is 6.42 Å². The third kappa shape index (κ3) is 6.14. The summed E-state index contributed by atoms with van der Waals surface area (Å²) >= 11 is 0. The average molecular weight is 402 g/mol. The Kier molecular flexibility index (Phi) is 8.33. The van der Waals surface area contributed by atoms with Crippen LogP contribution in [0.5, 0.6) is 23.0 Å². The first-order valence-corrected chi connectivity index (χ1v) is 9.29. The van der Waals surface area contributed by atoms with Gasteiger partial charge in [0.05, 0.1) is 39.9 Å². The minimum absolute atomic E-state index is 0.0114. The fourth-order valence-corrected chi connectivity index (χ4v) is 2.62. The molecule has 0 N–H and O–H groups in total. The molecular formula is C22H26O7. The zero-order chi connectivity index (χ0) is 21.2. The number of benzene rings is 2. The van der Waals surface area contributed by atoms with Crippen molar-refractivity contribution in [2.75, 3.05) is 27.9 Å². The van der Waals surface area contributed by atoms with Crippen LogP contribution in [-0.4, -0.2) is 39.9 Å². The number of ether oxygens (including phenoxy) is 5. The zero-order valence-electron chi connectivity index (χ0n) is 17.2. The second-order valence-corrected chi connectivity index (χ2v) is 6.20. The fourth-order valence-electron chi connectivity index (χ4n) is 2.62. The van der Waals surface area contributed by atoms with Crippen LogP contribution in [0.1, 0.15) is 35.7 Å². The summed E-state index contributed by atoms with van der Waals surface area (Å²) < 4.78 is 26.4. The second kappa shape index (κ2) is 10.9. The predicted octanol–water partition coefficient (Wildman–Crippen LogP) is 3.82. The molecule has 2 rings (SSSR count). The highest BCUT2D eigenvalue weighted by Crippen LogP contribution is 2.38. The molecule has 29 heavy (non-hydrogen) atoms. The highest BCUT2D eigenvalue weighted by molar-refractivity contribution is 5.89. The highest BCUT2D eigenvalue weighted by Gasteiger charge is 2.16. The molecule has 0 aliphatic carbocycles. The van der Waals surface area contributed by atoms with Gasteiger partial charge in [-0.25, -0.2) is 4.79 Å². The SMILES string of the molecule is CCCCOC(=O)c1ccc(OC(=O)Cc2cc(OC)c(OC)c(OC)c2)cc1. The Balaban J connectivity index is 2.01. The quantitative estimate of drug-likeness (QED) is 0.339. The molecule has 0 aromatic heterocycles. The monoisotopic (exact) mass is 402 g/mol. The second-order valence-electron chi connectivity index (χ2n) is 6.20. The number of methoxy groups -OCH3 is 3. The van der Waals surface area contributed by atoms with Gasteiger partial charge in [0.1, 0.15) is 5.75 Å². The van der Waals surface area contributed by atoms with Crippen molar-refractivity contribution in [2.45, 2.75) is 26.2 Å². The van der Waals surface area contributed by atoms with Crippen LogP contribution in [0.3, 0.4) is 0 Å². The van der Waals surface area contributed by atoms with Gasteiger partial charge in [-0.3, -0.25) is 4.79 Å². The van der Waals surface area contributed by atoms with Gasteiger partial charge in [0, 0.05) is 0 Å². The van der Waals surface area contributed by atoms with Gasteiger partial charge in [0.15, 0.2) is 11.5 Å². The molecule has 7 heteroatoms. The Hall–Kier alpha value is -3.22. The summed E-state index contributed by atoms with van der Waals surface area (Å²) in [5.41, 5.74) is 1.06. The summed E-state index contributed by atoms with van der Waals surface area (Å²) in [5.74, 6) is 0.855. The molecule has 0 atom stereocenters. The molecule has 0 radical (unpaired) electrons. The van der Waals surface area contributed by atoms with Crippen molar-refractivity contribution in [1.29, 1.82) is 0 Å². The normalized spacial score (nSPS) is 10.2. The number of hydrogen-bond acceptors (Lipinski definition) is 7. The number of hydrogen-bond donors (Lipinski definition) is 0.